The summed E-state index contributed by atoms with van der Waals surface area (Å²) >= 11 is 0. The molecule has 0 saturated carbocycles. The summed E-state index contributed by atoms with van der Waals surface area (Å²) in [7, 11) is -1.87. The molecule has 1 atom stereocenters. The van der Waals surface area contributed by atoms with Crippen molar-refractivity contribution in [2.45, 2.75) is 32.5 Å². The average Bonchev–Trinajstić information content (AvgIpc) is 2.46. The number of benzene rings is 2. The highest BCUT2D eigenvalue weighted by Crippen LogP contribution is 2.26. The molecule has 22 heavy (non-hydrogen) atoms. The summed E-state index contributed by atoms with van der Waals surface area (Å²) in [6.07, 6.45) is 0. The summed E-state index contributed by atoms with van der Waals surface area (Å²) in [5, 5.41) is 0. The highest BCUT2D eigenvalue weighted by atomic mass is 28.4. The van der Waals surface area contributed by atoms with Crippen LogP contribution in [0, 0.1) is 0 Å². The minimum Gasteiger partial charge on any atom is -0.519 e. The van der Waals surface area contributed by atoms with Crippen LogP contribution < -0.4 is 4.74 Å². The molecule has 0 spiro atoms. The van der Waals surface area contributed by atoms with Crippen molar-refractivity contribution < 1.29 is 14.0 Å². The standard InChI is InChI=1S/C18H22O3Si/c1-14(18(19)21-22(2,3)4)15-9-8-12-17(13-15)20-16-10-6-5-7-11-16/h5-14H,1-4H3. The summed E-state index contributed by atoms with van der Waals surface area (Å²) in [5.74, 6) is 1.02. The Morgan fingerprint density at radius 3 is 2.23 bits per heavy atom. The second-order valence-electron chi connectivity index (χ2n) is 6.24. The van der Waals surface area contributed by atoms with Gasteiger partial charge in [0.25, 0.3) is 5.97 Å². The van der Waals surface area contributed by atoms with Gasteiger partial charge in [0, 0.05) is 0 Å². The number of ether oxygens (including phenoxy) is 1. The van der Waals surface area contributed by atoms with Gasteiger partial charge in [0.1, 0.15) is 11.5 Å². The van der Waals surface area contributed by atoms with E-state index >= 15 is 0 Å². The molecule has 0 amide bonds. The van der Waals surface area contributed by atoms with Crippen molar-refractivity contribution in [2.24, 2.45) is 0 Å². The SMILES string of the molecule is CC(C(=O)O[Si](C)(C)C)c1cccc(Oc2ccccc2)c1. The van der Waals surface area contributed by atoms with Crippen LogP contribution in [-0.4, -0.2) is 14.3 Å². The van der Waals surface area contributed by atoms with Gasteiger partial charge in [0.05, 0.1) is 5.92 Å². The molecule has 0 radical (unpaired) electrons. The van der Waals surface area contributed by atoms with Gasteiger partial charge < -0.3 is 9.16 Å². The molecule has 0 aromatic heterocycles. The summed E-state index contributed by atoms with van der Waals surface area (Å²) < 4.78 is 11.4. The van der Waals surface area contributed by atoms with E-state index in [1.54, 1.807) is 0 Å². The van der Waals surface area contributed by atoms with Gasteiger partial charge in [-0.3, -0.25) is 4.79 Å². The van der Waals surface area contributed by atoms with Gasteiger partial charge in [-0.15, -0.1) is 0 Å². The Morgan fingerprint density at radius 2 is 1.59 bits per heavy atom. The minimum absolute atomic E-state index is 0.170. The first kappa shape index (κ1) is 16.3. The van der Waals surface area contributed by atoms with Gasteiger partial charge in [-0.25, -0.2) is 0 Å². The number of carbonyl (C=O) groups is 1. The lowest BCUT2D eigenvalue weighted by molar-refractivity contribution is -0.136. The van der Waals surface area contributed by atoms with Gasteiger partial charge in [0.15, 0.2) is 0 Å². The quantitative estimate of drug-likeness (QED) is 0.732. The number of para-hydroxylation sites is 1. The maximum atomic E-state index is 12.2. The lowest BCUT2D eigenvalue weighted by Crippen LogP contribution is -2.31. The van der Waals surface area contributed by atoms with E-state index in [9.17, 15) is 4.79 Å². The van der Waals surface area contributed by atoms with Gasteiger partial charge >= 0.3 is 0 Å². The van der Waals surface area contributed by atoms with Crippen molar-refractivity contribution in [1.29, 1.82) is 0 Å². The lowest BCUT2D eigenvalue weighted by atomic mass is 10.0. The molecule has 4 heteroatoms. The molecular weight excluding hydrogens is 292 g/mol. The number of rotatable bonds is 5. The zero-order valence-electron chi connectivity index (χ0n) is 13.5. The molecule has 0 N–H and O–H groups in total. The van der Waals surface area contributed by atoms with Crippen molar-refractivity contribution >= 4 is 14.3 Å². The maximum absolute atomic E-state index is 12.2. The molecule has 1 unspecified atom stereocenters. The first-order chi connectivity index (χ1) is 10.3. The highest BCUT2D eigenvalue weighted by molar-refractivity contribution is 6.71. The molecule has 2 aromatic rings. The van der Waals surface area contributed by atoms with E-state index in [-0.39, 0.29) is 11.9 Å². The van der Waals surface area contributed by atoms with Crippen LogP contribution in [-0.2, 0) is 9.22 Å². The second kappa shape index (κ2) is 6.79. The Kier molecular flexibility index (Phi) is 5.03. The Balaban J connectivity index is 2.12. The third-order valence-corrected chi connectivity index (χ3v) is 3.91. The van der Waals surface area contributed by atoms with Crippen LogP contribution in [0.1, 0.15) is 18.4 Å². The van der Waals surface area contributed by atoms with E-state index in [1.807, 2.05) is 81.2 Å². The molecule has 0 aliphatic carbocycles. The number of carbonyl (C=O) groups excluding carboxylic acids is 1. The summed E-state index contributed by atoms with van der Waals surface area (Å²) in [5.41, 5.74) is 0.900. The molecule has 2 aromatic carbocycles. The third-order valence-electron chi connectivity index (χ3n) is 3.10. The third kappa shape index (κ3) is 4.74. The second-order valence-corrected chi connectivity index (χ2v) is 10.7. The molecular formula is C18H22O3Si. The zero-order chi connectivity index (χ0) is 16.2. The fourth-order valence-electron chi connectivity index (χ4n) is 2.00. The topological polar surface area (TPSA) is 35.5 Å². The molecule has 116 valence electrons. The van der Waals surface area contributed by atoms with Crippen LogP contribution in [0.5, 0.6) is 11.5 Å². The molecule has 0 fully saturated rings. The van der Waals surface area contributed by atoms with E-state index in [0.717, 1.165) is 17.1 Å². The minimum atomic E-state index is -1.87. The van der Waals surface area contributed by atoms with Crippen LogP contribution in [0.15, 0.2) is 54.6 Å². The Morgan fingerprint density at radius 1 is 0.955 bits per heavy atom. The van der Waals surface area contributed by atoms with E-state index in [0.29, 0.717) is 0 Å². The molecule has 0 saturated heterocycles. The Hall–Kier alpha value is -2.07. The molecule has 3 nitrogen and oxygen atoms in total. The highest BCUT2D eigenvalue weighted by Gasteiger charge is 2.25. The summed E-state index contributed by atoms with van der Waals surface area (Å²) in [4.78, 5) is 12.2. The average molecular weight is 314 g/mol. The monoisotopic (exact) mass is 314 g/mol. The van der Waals surface area contributed by atoms with E-state index in [1.165, 1.54) is 0 Å². The van der Waals surface area contributed by atoms with Crippen molar-refractivity contribution in [3.05, 3.63) is 60.2 Å². The van der Waals surface area contributed by atoms with Gasteiger partial charge in [-0.2, -0.15) is 0 Å². The molecule has 0 aliphatic heterocycles. The van der Waals surface area contributed by atoms with Crippen molar-refractivity contribution in [3.63, 3.8) is 0 Å². The van der Waals surface area contributed by atoms with Crippen molar-refractivity contribution in [1.82, 2.24) is 0 Å². The molecule has 0 heterocycles. The first-order valence-electron chi connectivity index (χ1n) is 7.41. The van der Waals surface area contributed by atoms with Crippen molar-refractivity contribution in [2.75, 3.05) is 0 Å². The van der Waals surface area contributed by atoms with Gasteiger partial charge in [0.2, 0.25) is 8.32 Å². The molecule has 0 bridgehead atoms. The number of hydrogen-bond acceptors (Lipinski definition) is 3. The molecule has 2 rings (SSSR count). The van der Waals surface area contributed by atoms with Crippen LogP contribution in [0.3, 0.4) is 0 Å². The van der Waals surface area contributed by atoms with E-state index in [4.69, 9.17) is 9.16 Å². The Labute approximate surface area is 133 Å². The van der Waals surface area contributed by atoms with Crippen LogP contribution in [0.4, 0.5) is 0 Å². The number of hydrogen-bond donors (Lipinski definition) is 0. The zero-order valence-corrected chi connectivity index (χ0v) is 14.5. The predicted octanol–water partition coefficient (Wildman–Crippen LogP) is 4.96. The largest absolute Gasteiger partial charge is 0.519 e. The summed E-state index contributed by atoms with van der Waals surface area (Å²) in [6, 6.07) is 17.2. The fraction of sp³-hybridized carbons (Fsp3) is 0.278. The van der Waals surface area contributed by atoms with Crippen LogP contribution in [0.2, 0.25) is 19.6 Å². The van der Waals surface area contributed by atoms with Crippen molar-refractivity contribution in [3.8, 4) is 11.5 Å². The fourth-order valence-corrected chi connectivity index (χ4v) is 2.78. The summed E-state index contributed by atoms with van der Waals surface area (Å²) in [6.45, 7) is 7.88. The normalized spacial score (nSPS) is 12.5. The van der Waals surface area contributed by atoms with E-state index in [2.05, 4.69) is 0 Å². The Bertz CT molecular complexity index is 632. The predicted molar refractivity (Wildman–Crippen MR) is 90.8 cm³/mol. The maximum Gasteiger partial charge on any atom is 0.299 e. The van der Waals surface area contributed by atoms with E-state index < -0.39 is 8.32 Å². The van der Waals surface area contributed by atoms with Gasteiger partial charge in [-0.1, -0.05) is 30.3 Å². The molecule has 0 aliphatic rings. The first-order valence-corrected chi connectivity index (χ1v) is 10.8. The van der Waals surface area contributed by atoms with Gasteiger partial charge in [-0.05, 0) is 56.4 Å². The lowest BCUT2D eigenvalue weighted by Gasteiger charge is -2.21. The van der Waals surface area contributed by atoms with Crippen LogP contribution in [0.25, 0.3) is 0 Å². The van der Waals surface area contributed by atoms with Crippen LogP contribution >= 0.6 is 0 Å². The smallest absolute Gasteiger partial charge is 0.299 e.